The number of aromatic nitrogens is 3. The molecule has 8 nitrogen and oxygen atoms in total. The van der Waals surface area contributed by atoms with E-state index >= 15 is 0 Å². The molecule has 3 aromatic rings. The Morgan fingerprint density at radius 1 is 0.933 bits per heavy atom. The second-order valence-electron chi connectivity index (χ2n) is 6.45. The van der Waals surface area contributed by atoms with Crippen molar-refractivity contribution in [2.24, 2.45) is 0 Å². The molecular formula is C21H20FN5O3. The molecule has 2 heterocycles. The molecule has 2 amide bonds. The van der Waals surface area contributed by atoms with Gasteiger partial charge in [0.15, 0.2) is 0 Å². The van der Waals surface area contributed by atoms with Crippen LogP contribution in [0.1, 0.15) is 37.7 Å². The molecule has 0 saturated carbocycles. The summed E-state index contributed by atoms with van der Waals surface area (Å²) in [7, 11) is 1.52. The molecule has 0 atom stereocenters. The second-order valence-corrected chi connectivity index (χ2v) is 6.45. The molecule has 0 bridgehead atoms. The largest absolute Gasteiger partial charge is 0.481 e. The van der Waals surface area contributed by atoms with Crippen LogP contribution in [0.25, 0.3) is 0 Å². The molecule has 2 aromatic heterocycles. The summed E-state index contributed by atoms with van der Waals surface area (Å²) >= 11 is 0. The lowest BCUT2D eigenvalue weighted by Gasteiger charge is -2.08. The first-order chi connectivity index (χ1) is 14.5. The molecule has 0 fully saturated rings. The zero-order chi connectivity index (χ0) is 21.5. The number of benzene rings is 1. The molecule has 0 unspecified atom stereocenters. The van der Waals surface area contributed by atoms with E-state index in [0.717, 1.165) is 17.5 Å². The fourth-order valence-corrected chi connectivity index (χ4v) is 2.60. The van der Waals surface area contributed by atoms with Crippen molar-refractivity contribution in [2.75, 3.05) is 7.11 Å². The summed E-state index contributed by atoms with van der Waals surface area (Å²) in [6.45, 7) is 2.10. The van der Waals surface area contributed by atoms with Crippen LogP contribution in [-0.4, -0.2) is 33.9 Å². The van der Waals surface area contributed by atoms with Gasteiger partial charge in [0.1, 0.15) is 23.5 Å². The summed E-state index contributed by atoms with van der Waals surface area (Å²) in [5.74, 6) is -0.738. The van der Waals surface area contributed by atoms with Crippen LogP contribution in [0.2, 0.25) is 0 Å². The zero-order valence-corrected chi connectivity index (χ0v) is 16.5. The number of nitrogens with one attached hydrogen (secondary N) is 2. The second kappa shape index (κ2) is 9.55. The van der Waals surface area contributed by atoms with Crippen molar-refractivity contribution < 1.29 is 18.7 Å². The molecule has 3 rings (SSSR count). The molecule has 0 radical (unpaired) electrons. The number of hydrogen-bond acceptors (Lipinski definition) is 6. The highest BCUT2D eigenvalue weighted by atomic mass is 19.1. The van der Waals surface area contributed by atoms with Crippen LogP contribution in [0, 0.1) is 12.7 Å². The number of carbonyl (C=O) groups is 2. The maximum atomic E-state index is 13.3. The summed E-state index contributed by atoms with van der Waals surface area (Å²) in [6.07, 6.45) is 2.75. The highest BCUT2D eigenvalue weighted by Crippen LogP contribution is 2.10. The summed E-state index contributed by atoms with van der Waals surface area (Å²) in [6, 6.07) is 9.38. The lowest BCUT2D eigenvalue weighted by molar-refractivity contribution is 0.0944. The van der Waals surface area contributed by atoms with E-state index in [-0.39, 0.29) is 30.3 Å². The Hall–Kier alpha value is -3.88. The van der Waals surface area contributed by atoms with E-state index in [1.165, 1.54) is 19.2 Å². The van der Waals surface area contributed by atoms with Gasteiger partial charge in [-0.15, -0.1) is 0 Å². The van der Waals surface area contributed by atoms with E-state index in [1.807, 2.05) is 0 Å². The van der Waals surface area contributed by atoms with Gasteiger partial charge in [-0.05, 0) is 29.7 Å². The van der Waals surface area contributed by atoms with E-state index < -0.39 is 11.8 Å². The van der Waals surface area contributed by atoms with Gasteiger partial charge in [-0.1, -0.05) is 18.2 Å². The first-order valence-electron chi connectivity index (χ1n) is 9.08. The Kier molecular flexibility index (Phi) is 6.63. The molecule has 0 aliphatic rings. The van der Waals surface area contributed by atoms with Gasteiger partial charge in [-0.3, -0.25) is 9.59 Å². The van der Waals surface area contributed by atoms with Gasteiger partial charge < -0.3 is 15.4 Å². The van der Waals surface area contributed by atoms with Crippen molar-refractivity contribution in [3.8, 4) is 5.88 Å². The summed E-state index contributed by atoms with van der Waals surface area (Å²) in [5, 5.41) is 5.40. The van der Waals surface area contributed by atoms with Crippen LogP contribution in [0.5, 0.6) is 5.88 Å². The minimum absolute atomic E-state index is 0.0556. The number of methoxy groups -OCH3 is 1. The Morgan fingerprint density at radius 3 is 2.13 bits per heavy atom. The molecule has 0 aliphatic heterocycles. The number of rotatable bonds is 7. The number of nitrogens with zero attached hydrogens (tertiary/aromatic N) is 3. The Balaban J connectivity index is 1.58. The molecule has 2 N–H and O–H groups in total. The highest BCUT2D eigenvalue weighted by molar-refractivity contribution is 5.97. The average molecular weight is 409 g/mol. The van der Waals surface area contributed by atoms with Gasteiger partial charge in [-0.2, -0.15) is 0 Å². The van der Waals surface area contributed by atoms with Crippen LogP contribution in [0.15, 0.2) is 48.9 Å². The highest BCUT2D eigenvalue weighted by Gasteiger charge is 2.13. The van der Waals surface area contributed by atoms with E-state index in [2.05, 4.69) is 25.6 Å². The van der Waals surface area contributed by atoms with Crippen molar-refractivity contribution in [3.63, 3.8) is 0 Å². The molecule has 0 saturated heterocycles. The molecule has 1 aromatic carbocycles. The van der Waals surface area contributed by atoms with Gasteiger partial charge in [0.2, 0.25) is 5.88 Å². The third kappa shape index (κ3) is 5.34. The fraction of sp³-hybridized carbons (Fsp3) is 0.190. The standard InChI is InChI=1S/C21H20FN5O3/c1-13-7-14(3-5-16(13)22)9-24-20(28)17-8-18(27-12-26-17)21(29)25-11-15-4-6-19(30-2)23-10-15/h3-8,10,12H,9,11H2,1-2H3,(H,24,28)(H,25,29). The normalized spacial score (nSPS) is 10.4. The Bertz CT molecular complexity index is 1060. The zero-order valence-electron chi connectivity index (χ0n) is 16.5. The minimum atomic E-state index is -0.465. The predicted molar refractivity (Wildman–Crippen MR) is 106 cm³/mol. The molecule has 30 heavy (non-hydrogen) atoms. The van der Waals surface area contributed by atoms with Crippen molar-refractivity contribution in [1.82, 2.24) is 25.6 Å². The van der Waals surface area contributed by atoms with E-state index in [0.29, 0.717) is 11.4 Å². The SMILES string of the molecule is COc1ccc(CNC(=O)c2cc(C(=O)NCc3ccc(F)c(C)c3)ncn2)cn1. The van der Waals surface area contributed by atoms with Crippen molar-refractivity contribution in [2.45, 2.75) is 20.0 Å². The van der Waals surface area contributed by atoms with E-state index in [9.17, 15) is 14.0 Å². The maximum absolute atomic E-state index is 13.3. The van der Waals surface area contributed by atoms with Crippen molar-refractivity contribution in [3.05, 3.63) is 82.8 Å². The molecule has 0 spiro atoms. The van der Waals surface area contributed by atoms with Crippen LogP contribution < -0.4 is 15.4 Å². The summed E-state index contributed by atoms with van der Waals surface area (Å²) in [4.78, 5) is 36.6. The monoisotopic (exact) mass is 409 g/mol. The van der Waals surface area contributed by atoms with Gasteiger partial charge in [0.25, 0.3) is 11.8 Å². The molecule has 9 heteroatoms. The third-order valence-corrected chi connectivity index (χ3v) is 4.27. The van der Waals surface area contributed by atoms with Crippen molar-refractivity contribution >= 4 is 11.8 Å². The maximum Gasteiger partial charge on any atom is 0.270 e. The lowest BCUT2D eigenvalue weighted by Crippen LogP contribution is -2.27. The number of amides is 2. The Labute approximate surface area is 172 Å². The van der Waals surface area contributed by atoms with Gasteiger partial charge in [-0.25, -0.2) is 19.3 Å². The van der Waals surface area contributed by atoms with Crippen LogP contribution in [-0.2, 0) is 13.1 Å². The number of carbonyl (C=O) groups excluding carboxylic acids is 2. The number of ether oxygens (including phenoxy) is 1. The Morgan fingerprint density at radius 2 is 1.57 bits per heavy atom. The topological polar surface area (TPSA) is 106 Å². The van der Waals surface area contributed by atoms with Crippen molar-refractivity contribution in [1.29, 1.82) is 0 Å². The number of hydrogen-bond donors (Lipinski definition) is 2. The predicted octanol–water partition coefficient (Wildman–Crippen LogP) is 2.19. The van der Waals surface area contributed by atoms with Crippen LogP contribution >= 0.6 is 0 Å². The minimum Gasteiger partial charge on any atom is -0.481 e. The van der Waals surface area contributed by atoms with Crippen LogP contribution in [0.4, 0.5) is 4.39 Å². The van der Waals surface area contributed by atoms with Gasteiger partial charge in [0.05, 0.1) is 7.11 Å². The molecular weight excluding hydrogens is 389 g/mol. The average Bonchev–Trinajstić information content (AvgIpc) is 2.78. The third-order valence-electron chi connectivity index (χ3n) is 4.27. The van der Waals surface area contributed by atoms with E-state index in [1.54, 1.807) is 37.4 Å². The first kappa shape index (κ1) is 20.8. The smallest absolute Gasteiger partial charge is 0.270 e. The summed E-state index contributed by atoms with van der Waals surface area (Å²) in [5.41, 5.74) is 2.15. The fourth-order valence-electron chi connectivity index (χ4n) is 2.60. The number of halogens is 1. The van der Waals surface area contributed by atoms with E-state index in [4.69, 9.17) is 4.74 Å². The van der Waals surface area contributed by atoms with Crippen LogP contribution in [0.3, 0.4) is 0 Å². The number of aryl methyl sites for hydroxylation is 1. The lowest BCUT2D eigenvalue weighted by atomic mass is 10.1. The number of pyridine rings is 1. The first-order valence-corrected chi connectivity index (χ1v) is 9.08. The quantitative estimate of drug-likeness (QED) is 0.620. The van der Waals surface area contributed by atoms with Gasteiger partial charge in [0, 0.05) is 31.4 Å². The summed E-state index contributed by atoms with van der Waals surface area (Å²) < 4.78 is 18.3. The van der Waals surface area contributed by atoms with Gasteiger partial charge >= 0.3 is 0 Å². The molecule has 0 aliphatic carbocycles. The molecule has 154 valence electrons.